The van der Waals surface area contributed by atoms with Crippen LogP contribution in [0.1, 0.15) is 37.8 Å². The number of likely N-dealkylation sites (tertiary alicyclic amines) is 1. The van der Waals surface area contributed by atoms with Crippen molar-refractivity contribution in [3.63, 3.8) is 0 Å². The Morgan fingerprint density at radius 3 is 2.74 bits per heavy atom. The van der Waals surface area contributed by atoms with Gasteiger partial charge in [-0.15, -0.1) is 0 Å². The second kappa shape index (κ2) is 5.20. The summed E-state index contributed by atoms with van der Waals surface area (Å²) in [5.74, 6) is 1.37. The maximum absolute atomic E-state index is 12.4. The summed E-state index contributed by atoms with van der Waals surface area (Å²) in [7, 11) is 0. The molecule has 19 heavy (non-hydrogen) atoms. The van der Waals surface area contributed by atoms with E-state index in [1.54, 1.807) is 0 Å². The summed E-state index contributed by atoms with van der Waals surface area (Å²) in [4.78, 5) is 14.5. The van der Waals surface area contributed by atoms with Crippen molar-refractivity contribution in [2.24, 2.45) is 11.8 Å². The maximum Gasteiger partial charge on any atom is 0.223 e. The lowest BCUT2D eigenvalue weighted by molar-refractivity contribution is -0.144. The molecule has 100 valence electrons. The van der Waals surface area contributed by atoms with Crippen molar-refractivity contribution in [2.75, 3.05) is 6.54 Å². The summed E-state index contributed by atoms with van der Waals surface area (Å²) in [6, 6.07) is 10.7. The molecule has 0 unspecified atom stereocenters. The Morgan fingerprint density at radius 2 is 2.11 bits per heavy atom. The van der Waals surface area contributed by atoms with E-state index >= 15 is 0 Å². The molecule has 0 bridgehead atoms. The highest BCUT2D eigenvalue weighted by Gasteiger charge is 2.39. The first-order chi connectivity index (χ1) is 9.25. The van der Waals surface area contributed by atoms with Crippen LogP contribution in [0.2, 0.25) is 0 Å². The Morgan fingerprint density at radius 1 is 1.32 bits per heavy atom. The minimum absolute atomic E-state index is 0.291. The average molecular weight is 255 g/mol. The molecule has 3 atom stereocenters. The van der Waals surface area contributed by atoms with Crippen LogP contribution < -0.4 is 0 Å². The van der Waals surface area contributed by atoms with E-state index in [4.69, 9.17) is 0 Å². The molecule has 1 fully saturated rings. The topological polar surface area (TPSA) is 20.3 Å². The Bertz CT molecular complexity index is 479. The Kier molecular flexibility index (Phi) is 3.41. The highest BCUT2D eigenvalue weighted by Crippen LogP contribution is 2.39. The standard InChI is InChI=1S/C17H21NO/c1-13-12-18(16(19)11-14-7-5-6-8-14)17(13)15-9-3-2-4-10-15/h2-5,7,9-10,13-14,17H,6,8,11-12H2,1H3/t13-,14+,17-/m1/s1. The van der Waals surface area contributed by atoms with Crippen molar-refractivity contribution in [3.05, 3.63) is 48.0 Å². The zero-order chi connectivity index (χ0) is 13.2. The van der Waals surface area contributed by atoms with Crippen LogP contribution in [0.15, 0.2) is 42.5 Å². The molecule has 0 spiro atoms. The van der Waals surface area contributed by atoms with Gasteiger partial charge in [-0.25, -0.2) is 0 Å². The van der Waals surface area contributed by atoms with E-state index in [-0.39, 0.29) is 0 Å². The van der Waals surface area contributed by atoms with E-state index in [2.05, 4.69) is 48.2 Å². The normalized spacial score (nSPS) is 29.3. The molecule has 1 heterocycles. The molecule has 2 aliphatic rings. The molecular weight excluding hydrogens is 234 g/mol. The van der Waals surface area contributed by atoms with Crippen molar-refractivity contribution in [1.82, 2.24) is 4.90 Å². The van der Waals surface area contributed by atoms with Crippen LogP contribution in [0.5, 0.6) is 0 Å². The Hall–Kier alpha value is -1.57. The highest BCUT2D eigenvalue weighted by molar-refractivity contribution is 5.78. The second-order valence-electron chi connectivity index (χ2n) is 5.85. The lowest BCUT2D eigenvalue weighted by atomic mass is 9.84. The van der Waals surface area contributed by atoms with Gasteiger partial charge in [0.15, 0.2) is 0 Å². The zero-order valence-corrected chi connectivity index (χ0v) is 11.5. The summed E-state index contributed by atoms with van der Waals surface area (Å²) in [6.45, 7) is 3.14. The van der Waals surface area contributed by atoms with Crippen LogP contribution in [-0.2, 0) is 4.79 Å². The van der Waals surface area contributed by atoms with Crippen LogP contribution in [-0.4, -0.2) is 17.4 Å². The quantitative estimate of drug-likeness (QED) is 0.756. The van der Waals surface area contributed by atoms with Gasteiger partial charge in [-0.05, 0) is 30.2 Å². The van der Waals surface area contributed by atoms with Gasteiger partial charge in [0, 0.05) is 13.0 Å². The number of nitrogens with zero attached hydrogens (tertiary/aromatic N) is 1. The largest absolute Gasteiger partial charge is 0.335 e. The number of carbonyl (C=O) groups is 1. The third-order valence-corrected chi connectivity index (χ3v) is 4.37. The van der Waals surface area contributed by atoms with Crippen LogP contribution in [0.3, 0.4) is 0 Å². The summed E-state index contributed by atoms with van der Waals surface area (Å²) >= 11 is 0. The SMILES string of the molecule is C[C@@H]1CN(C(=O)C[C@H]2C=CCC2)[C@H]1c1ccccc1. The smallest absolute Gasteiger partial charge is 0.223 e. The number of allylic oxidation sites excluding steroid dienone is 2. The molecule has 2 nitrogen and oxygen atoms in total. The van der Waals surface area contributed by atoms with Gasteiger partial charge < -0.3 is 4.90 Å². The molecule has 1 aliphatic heterocycles. The number of hydrogen-bond acceptors (Lipinski definition) is 1. The summed E-state index contributed by atoms with van der Waals surface area (Å²) in [5, 5.41) is 0. The number of carbonyl (C=O) groups excluding carboxylic acids is 1. The molecule has 1 aromatic carbocycles. The fraction of sp³-hybridized carbons (Fsp3) is 0.471. The average Bonchev–Trinajstić information content (AvgIpc) is 2.89. The van der Waals surface area contributed by atoms with Gasteiger partial charge in [0.2, 0.25) is 5.91 Å². The van der Waals surface area contributed by atoms with Gasteiger partial charge in [0.05, 0.1) is 6.04 Å². The predicted molar refractivity (Wildman–Crippen MR) is 76.5 cm³/mol. The lowest BCUT2D eigenvalue weighted by Gasteiger charge is -2.47. The van der Waals surface area contributed by atoms with Crippen molar-refractivity contribution in [3.8, 4) is 0 Å². The third-order valence-electron chi connectivity index (χ3n) is 4.37. The third kappa shape index (κ3) is 2.44. The molecular formula is C17H21NO. The van der Waals surface area contributed by atoms with E-state index in [0.29, 0.717) is 30.2 Å². The number of amides is 1. The minimum atomic E-state index is 0.291. The Balaban J connectivity index is 1.67. The minimum Gasteiger partial charge on any atom is -0.335 e. The molecule has 0 aromatic heterocycles. The lowest BCUT2D eigenvalue weighted by Crippen LogP contribution is -2.51. The number of rotatable bonds is 3. The Labute approximate surface area is 115 Å². The van der Waals surface area contributed by atoms with Gasteiger partial charge in [-0.2, -0.15) is 0 Å². The van der Waals surface area contributed by atoms with E-state index < -0.39 is 0 Å². The van der Waals surface area contributed by atoms with Gasteiger partial charge in [0.25, 0.3) is 0 Å². The molecule has 0 N–H and O–H groups in total. The van der Waals surface area contributed by atoms with E-state index in [1.165, 1.54) is 5.56 Å². The molecule has 1 aromatic rings. The van der Waals surface area contributed by atoms with E-state index in [9.17, 15) is 4.79 Å². The molecule has 0 saturated carbocycles. The number of hydrogen-bond donors (Lipinski definition) is 0. The van der Waals surface area contributed by atoms with Crippen molar-refractivity contribution < 1.29 is 4.79 Å². The molecule has 1 saturated heterocycles. The molecule has 0 radical (unpaired) electrons. The van der Waals surface area contributed by atoms with Crippen molar-refractivity contribution in [1.29, 1.82) is 0 Å². The van der Waals surface area contributed by atoms with Crippen LogP contribution >= 0.6 is 0 Å². The zero-order valence-electron chi connectivity index (χ0n) is 11.5. The molecule has 1 aliphatic carbocycles. The molecule has 1 amide bonds. The molecule has 2 heteroatoms. The summed E-state index contributed by atoms with van der Waals surface area (Å²) in [5.41, 5.74) is 1.27. The first-order valence-corrected chi connectivity index (χ1v) is 7.27. The van der Waals surface area contributed by atoms with Crippen LogP contribution in [0.4, 0.5) is 0 Å². The summed E-state index contributed by atoms with van der Waals surface area (Å²) < 4.78 is 0. The van der Waals surface area contributed by atoms with Crippen molar-refractivity contribution >= 4 is 5.91 Å². The summed E-state index contributed by atoms with van der Waals surface area (Å²) in [6.07, 6.45) is 7.37. The maximum atomic E-state index is 12.4. The van der Waals surface area contributed by atoms with E-state index in [1.807, 2.05) is 6.07 Å². The van der Waals surface area contributed by atoms with Gasteiger partial charge >= 0.3 is 0 Å². The van der Waals surface area contributed by atoms with Gasteiger partial charge in [-0.1, -0.05) is 49.4 Å². The van der Waals surface area contributed by atoms with Gasteiger partial charge in [-0.3, -0.25) is 4.79 Å². The monoisotopic (exact) mass is 255 g/mol. The van der Waals surface area contributed by atoms with Crippen LogP contribution in [0.25, 0.3) is 0 Å². The van der Waals surface area contributed by atoms with E-state index in [0.717, 1.165) is 19.4 Å². The van der Waals surface area contributed by atoms with Crippen molar-refractivity contribution in [2.45, 2.75) is 32.2 Å². The molecule has 3 rings (SSSR count). The fourth-order valence-corrected chi connectivity index (χ4v) is 3.32. The first-order valence-electron chi connectivity index (χ1n) is 7.27. The fourth-order valence-electron chi connectivity index (χ4n) is 3.32. The second-order valence-corrected chi connectivity index (χ2v) is 5.85. The number of benzene rings is 1. The van der Waals surface area contributed by atoms with Crippen LogP contribution in [0, 0.1) is 11.8 Å². The van der Waals surface area contributed by atoms with Gasteiger partial charge in [0.1, 0.15) is 0 Å². The first kappa shape index (κ1) is 12.5. The predicted octanol–water partition coefficient (Wildman–Crippen LogP) is 3.56. The highest BCUT2D eigenvalue weighted by atomic mass is 16.2.